The molecule has 0 radical (unpaired) electrons. The van der Waals surface area contributed by atoms with Gasteiger partial charge in [0, 0.05) is 12.8 Å². The molecule has 0 spiro atoms. The lowest BCUT2D eigenvalue weighted by atomic mass is 9.80. The van der Waals surface area contributed by atoms with Gasteiger partial charge < -0.3 is 9.47 Å². The molecule has 0 N–H and O–H groups in total. The lowest BCUT2D eigenvalue weighted by Gasteiger charge is -2.46. The minimum atomic E-state index is -9.49. The van der Waals surface area contributed by atoms with E-state index in [1.54, 1.807) is 0 Å². The van der Waals surface area contributed by atoms with Gasteiger partial charge in [-0.2, -0.15) is 132 Å². The molecule has 352 valence electrons. The summed E-state index contributed by atoms with van der Waals surface area (Å²) in [6.45, 7) is -2.40. The zero-order valence-electron chi connectivity index (χ0n) is 26.7. The standard InChI is InChI=1S/C24H14F32O3/c25-9(1-7-3-57-7,5-11(27,28)29)13(33,34)15(37,38)17(41,42)19(45,46)21(49,50)23(53,54)59-24(55,56)22(51,52)20(47,48)18(43,44)16(39,40)14(35,36)10(26,2-8-4-58-8)6-12(30,31)32/h7-8H,1-6H2. The zero-order valence-corrected chi connectivity index (χ0v) is 26.7. The van der Waals surface area contributed by atoms with Crippen molar-refractivity contribution in [2.75, 3.05) is 13.2 Å². The van der Waals surface area contributed by atoms with E-state index in [1.165, 1.54) is 0 Å². The molecule has 2 rings (SSSR count). The third kappa shape index (κ3) is 8.21. The van der Waals surface area contributed by atoms with Crippen molar-refractivity contribution < 1.29 is 155 Å². The van der Waals surface area contributed by atoms with E-state index >= 15 is 0 Å². The van der Waals surface area contributed by atoms with E-state index in [1.807, 2.05) is 0 Å². The van der Waals surface area contributed by atoms with Crippen molar-refractivity contribution in [3.63, 3.8) is 0 Å². The van der Waals surface area contributed by atoms with E-state index in [9.17, 15) is 140 Å². The van der Waals surface area contributed by atoms with Gasteiger partial charge in [-0.25, -0.2) is 13.5 Å². The predicted molar refractivity (Wildman–Crippen MR) is 118 cm³/mol. The Labute approximate surface area is 302 Å². The Morgan fingerprint density at radius 3 is 0.678 bits per heavy atom. The number of ether oxygens (including phenoxy) is 3. The Kier molecular flexibility index (Phi) is 12.6. The fraction of sp³-hybridized carbons (Fsp3) is 1.00. The highest BCUT2D eigenvalue weighted by atomic mass is 19.4. The van der Waals surface area contributed by atoms with Crippen molar-refractivity contribution >= 4 is 0 Å². The van der Waals surface area contributed by atoms with Crippen LogP contribution in [0.3, 0.4) is 0 Å². The van der Waals surface area contributed by atoms with E-state index in [0.717, 1.165) is 4.74 Å². The summed E-state index contributed by atoms with van der Waals surface area (Å²) < 4.78 is 455. The Morgan fingerprint density at radius 1 is 0.305 bits per heavy atom. The fourth-order valence-electron chi connectivity index (χ4n) is 4.75. The maximum absolute atomic E-state index is 14.8. The molecular weight excluding hydrogens is 944 g/mol. The Balaban J connectivity index is 2.66. The summed E-state index contributed by atoms with van der Waals surface area (Å²) in [7, 11) is 0. The molecule has 4 atom stereocenters. The highest BCUT2D eigenvalue weighted by molar-refractivity contribution is 5.18. The topological polar surface area (TPSA) is 34.3 Å². The summed E-state index contributed by atoms with van der Waals surface area (Å²) in [6.07, 6.45) is -50.5. The molecule has 0 aliphatic carbocycles. The van der Waals surface area contributed by atoms with Crippen LogP contribution in [0.15, 0.2) is 0 Å². The van der Waals surface area contributed by atoms with Gasteiger partial charge in [0.05, 0.1) is 38.3 Å². The predicted octanol–water partition coefficient (Wildman–Crippen LogP) is 11.4. The summed E-state index contributed by atoms with van der Waals surface area (Å²) in [5.74, 6) is -90.9. The number of halogens is 32. The number of alkyl halides is 32. The van der Waals surface area contributed by atoms with Crippen LogP contribution in [0.1, 0.15) is 25.7 Å². The monoisotopic (exact) mass is 958 g/mol. The molecule has 2 fully saturated rings. The van der Waals surface area contributed by atoms with Crippen LogP contribution in [0.2, 0.25) is 0 Å². The molecule has 4 unspecified atom stereocenters. The number of epoxide rings is 2. The van der Waals surface area contributed by atoms with E-state index in [-0.39, 0.29) is 0 Å². The summed E-state index contributed by atoms with van der Waals surface area (Å²) in [5, 5.41) is 0. The molecule has 2 heterocycles. The minimum Gasteiger partial charge on any atom is -0.373 e. The quantitative estimate of drug-likeness (QED) is 0.0901. The molecule has 0 saturated carbocycles. The van der Waals surface area contributed by atoms with Crippen LogP contribution in [0.25, 0.3) is 0 Å². The second-order valence-corrected chi connectivity index (χ2v) is 12.7. The van der Waals surface area contributed by atoms with Crippen molar-refractivity contribution in [1.29, 1.82) is 0 Å². The largest absolute Gasteiger partial charge is 0.430 e. The van der Waals surface area contributed by atoms with Gasteiger partial charge in [0.1, 0.15) is 0 Å². The molecule has 3 nitrogen and oxygen atoms in total. The first-order valence-corrected chi connectivity index (χ1v) is 14.3. The Bertz CT molecular complexity index is 1400. The van der Waals surface area contributed by atoms with E-state index in [2.05, 4.69) is 9.47 Å². The van der Waals surface area contributed by atoms with Gasteiger partial charge in [0.25, 0.3) is 0 Å². The molecule has 0 aromatic heterocycles. The number of hydrogen-bond acceptors (Lipinski definition) is 3. The van der Waals surface area contributed by atoms with Gasteiger partial charge in [0.2, 0.25) is 0 Å². The first kappa shape index (κ1) is 52.8. The molecule has 2 aliphatic rings. The zero-order chi connectivity index (χ0) is 47.5. The lowest BCUT2D eigenvalue weighted by Crippen LogP contribution is -2.76. The Hall–Kier alpha value is -2.36. The van der Waals surface area contributed by atoms with Crippen LogP contribution < -0.4 is 0 Å². The van der Waals surface area contributed by atoms with Crippen molar-refractivity contribution in [3.05, 3.63) is 0 Å². The van der Waals surface area contributed by atoms with Gasteiger partial charge in [-0.3, -0.25) is 0 Å². The summed E-state index contributed by atoms with van der Waals surface area (Å²) >= 11 is 0. The molecule has 0 amide bonds. The molecule has 2 aliphatic heterocycles. The average Bonchev–Trinajstić information content (AvgIpc) is 3.91. The maximum Gasteiger partial charge on any atom is 0.430 e. The number of rotatable bonds is 20. The molecule has 0 aromatic rings. The third-order valence-electron chi connectivity index (χ3n) is 8.14. The van der Waals surface area contributed by atoms with Crippen molar-refractivity contribution in [1.82, 2.24) is 0 Å². The van der Waals surface area contributed by atoms with Gasteiger partial charge in [-0.1, -0.05) is 0 Å². The van der Waals surface area contributed by atoms with Crippen LogP contribution in [0.5, 0.6) is 0 Å². The number of hydrogen-bond donors (Lipinski definition) is 0. The maximum atomic E-state index is 14.8. The van der Waals surface area contributed by atoms with Crippen LogP contribution in [-0.4, -0.2) is 121 Å². The second-order valence-electron chi connectivity index (χ2n) is 12.7. The van der Waals surface area contributed by atoms with Crippen LogP contribution in [0, 0.1) is 0 Å². The molecule has 0 aromatic carbocycles. The first-order chi connectivity index (χ1) is 25.3. The SMILES string of the molecule is FC(F)(F)CC(F)(CC1CO1)C(F)(F)C(F)(F)C(F)(F)C(F)(F)C(F)(F)C(F)(F)OC(F)(F)C(F)(F)C(F)(F)C(F)(F)C(F)(F)C(F)(F)C(F)(CC1CO1)CC(F)(F)F. The van der Waals surface area contributed by atoms with Gasteiger partial charge in [0.15, 0.2) is 11.3 Å². The normalized spacial score (nSPS) is 22.6. The highest BCUT2D eigenvalue weighted by Gasteiger charge is 2.96. The van der Waals surface area contributed by atoms with Crippen molar-refractivity contribution in [3.8, 4) is 0 Å². The minimum absolute atomic E-state index is 0.766. The molecule has 35 heteroatoms. The van der Waals surface area contributed by atoms with Gasteiger partial charge in [-0.05, 0) is 0 Å². The van der Waals surface area contributed by atoms with Gasteiger partial charge in [-0.15, -0.1) is 0 Å². The van der Waals surface area contributed by atoms with E-state index in [0.29, 0.717) is 0 Å². The fourth-order valence-corrected chi connectivity index (χ4v) is 4.75. The summed E-state index contributed by atoms with van der Waals surface area (Å²) in [4.78, 5) is 0. The molecular formula is C24H14F32O3. The van der Waals surface area contributed by atoms with E-state index < -0.39 is 146 Å². The van der Waals surface area contributed by atoms with Crippen LogP contribution >= 0.6 is 0 Å². The lowest BCUT2D eigenvalue weighted by molar-refractivity contribution is -0.527. The van der Waals surface area contributed by atoms with Crippen molar-refractivity contribution in [2.24, 2.45) is 0 Å². The summed E-state index contributed by atoms with van der Waals surface area (Å²) in [5.41, 5.74) is -12.8. The van der Waals surface area contributed by atoms with Crippen LogP contribution in [0.4, 0.5) is 140 Å². The average molecular weight is 958 g/mol. The molecule has 2 saturated heterocycles. The molecule has 59 heavy (non-hydrogen) atoms. The highest BCUT2D eigenvalue weighted by Crippen LogP contribution is 2.67. The van der Waals surface area contributed by atoms with Crippen LogP contribution in [-0.2, 0) is 14.2 Å². The van der Waals surface area contributed by atoms with Crippen molar-refractivity contribution in [2.45, 2.75) is 133 Å². The van der Waals surface area contributed by atoms with E-state index in [4.69, 9.17) is 0 Å². The first-order valence-electron chi connectivity index (χ1n) is 14.3. The summed E-state index contributed by atoms with van der Waals surface area (Å²) in [6, 6.07) is 0. The third-order valence-corrected chi connectivity index (χ3v) is 8.14. The Morgan fingerprint density at radius 2 is 0.492 bits per heavy atom. The second kappa shape index (κ2) is 14.1. The molecule has 0 bridgehead atoms. The smallest absolute Gasteiger partial charge is 0.373 e. The van der Waals surface area contributed by atoms with Gasteiger partial charge >= 0.3 is 83.8 Å².